The van der Waals surface area contributed by atoms with E-state index in [4.69, 9.17) is 10.2 Å². The quantitative estimate of drug-likeness (QED) is 0.669. The minimum Gasteiger partial charge on any atom is -0.436 e. The van der Waals surface area contributed by atoms with Gasteiger partial charge < -0.3 is 10.2 Å². The van der Waals surface area contributed by atoms with Crippen LogP contribution in [0.3, 0.4) is 0 Å². The van der Waals surface area contributed by atoms with Crippen molar-refractivity contribution in [2.24, 2.45) is 0 Å². The van der Waals surface area contributed by atoms with Crippen LogP contribution in [0.4, 0.5) is 10.1 Å². The Bertz CT molecular complexity index is 815. The Balaban J connectivity index is 2.15. The molecule has 3 aromatic rings. The summed E-state index contributed by atoms with van der Waals surface area (Å²) < 4.78 is 19.5. The maximum absolute atomic E-state index is 13.9. The number of nitrogens with two attached hydrogens (primary N) is 1. The van der Waals surface area contributed by atoms with Crippen LogP contribution in [0.25, 0.3) is 22.6 Å². The van der Waals surface area contributed by atoms with Crippen LogP contribution in [0.2, 0.25) is 0 Å². The second-order valence-corrected chi connectivity index (χ2v) is 6.19. The van der Waals surface area contributed by atoms with Crippen LogP contribution in [0, 0.1) is 5.82 Å². The Morgan fingerprint density at radius 1 is 1.10 bits per heavy atom. The average molecular weight is 284 g/mol. The SMILES string of the molecule is CC(C)(C)c1ccc2oc(-c3cc(N)ccc3F)nc2c1. The van der Waals surface area contributed by atoms with Gasteiger partial charge in [-0.15, -0.1) is 0 Å². The summed E-state index contributed by atoms with van der Waals surface area (Å²) in [7, 11) is 0. The third-order valence-corrected chi connectivity index (χ3v) is 3.47. The molecule has 0 amide bonds. The Labute approximate surface area is 122 Å². The van der Waals surface area contributed by atoms with Gasteiger partial charge in [0, 0.05) is 5.69 Å². The van der Waals surface area contributed by atoms with Crippen molar-refractivity contribution in [1.29, 1.82) is 0 Å². The summed E-state index contributed by atoms with van der Waals surface area (Å²) >= 11 is 0. The molecule has 0 fully saturated rings. The van der Waals surface area contributed by atoms with Gasteiger partial charge in [-0.05, 0) is 41.3 Å². The molecule has 108 valence electrons. The highest BCUT2D eigenvalue weighted by molar-refractivity contribution is 5.77. The molecule has 0 bridgehead atoms. The van der Waals surface area contributed by atoms with Crippen molar-refractivity contribution in [3.05, 3.63) is 47.8 Å². The highest BCUT2D eigenvalue weighted by Gasteiger charge is 2.17. The lowest BCUT2D eigenvalue weighted by molar-refractivity contribution is 0.588. The lowest BCUT2D eigenvalue weighted by Crippen LogP contribution is -2.10. The van der Waals surface area contributed by atoms with E-state index in [0.29, 0.717) is 11.3 Å². The number of anilines is 1. The Morgan fingerprint density at radius 2 is 1.86 bits per heavy atom. The van der Waals surface area contributed by atoms with Gasteiger partial charge in [0.2, 0.25) is 5.89 Å². The van der Waals surface area contributed by atoms with Crippen molar-refractivity contribution in [2.75, 3.05) is 5.73 Å². The zero-order valence-electron chi connectivity index (χ0n) is 12.3. The third-order valence-electron chi connectivity index (χ3n) is 3.47. The standard InChI is InChI=1S/C17H17FN2O/c1-17(2,3)10-4-7-15-14(8-10)20-16(21-15)12-9-11(19)5-6-13(12)18/h4-9H,19H2,1-3H3. The first-order chi connectivity index (χ1) is 9.84. The second kappa shape index (κ2) is 4.58. The molecule has 0 aliphatic heterocycles. The number of hydrogen-bond acceptors (Lipinski definition) is 3. The van der Waals surface area contributed by atoms with Crippen molar-refractivity contribution >= 4 is 16.8 Å². The summed E-state index contributed by atoms with van der Waals surface area (Å²) in [6, 6.07) is 10.2. The van der Waals surface area contributed by atoms with Gasteiger partial charge >= 0.3 is 0 Å². The van der Waals surface area contributed by atoms with Gasteiger partial charge in [-0.25, -0.2) is 9.37 Å². The Kier molecular flexibility index (Phi) is 2.97. The number of nitrogens with zero attached hydrogens (tertiary/aromatic N) is 1. The van der Waals surface area contributed by atoms with Crippen LogP contribution < -0.4 is 5.73 Å². The normalized spacial score (nSPS) is 12.0. The number of benzene rings is 2. The fourth-order valence-electron chi connectivity index (χ4n) is 2.22. The number of fused-ring (bicyclic) bond motifs is 1. The van der Waals surface area contributed by atoms with Gasteiger partial charge in [-0.1, -0.05) is 26.8 Å². The van der Waals surface area contributed by atoms with E-state index in [-0.39, 0.29) is 16.9 Å². The fraction of sp³-hybridized carbons (Fsp3) is 0.235. The zero-order valence-corrected chi connectivity index (χ0v) is 12.3. The van der Waals surface area contributed by atoms with Gasteiger partial charge in [0.25, 0.3) is 0 Å². The maximum atomic E-state index is 13.9. The zero-order chi connectivity index (χ0) is 15.2. The maximum Gasteiger partial charge on any atom is 0.230 e. The Hall–Kier alpha value is -2.36. The molecule has 4 heteroatoms. The van der Waals surface area contributed by atoms with Crippen molar-refractivity contribution in [3.8, 4) is 11.5 Å². The minimum atomic E-state index is -0.396. The van der Waals surface area contributed by atoms with Crippen LogP contribution in [0.15, 0.2) is 40.8 Å². The molecular weight excluding hydrogens is 267 g/mol. The van der Waals surface area contributed by atoms with Crippen LogP contribution >= 0.6 is 0 Å². The number of halogens is 1. The number of aromatic nitrogens is 1. The first-order valence-corrected chi connectivity index (χ1v) is 6.81. The summed E-state index contributed by atoms with van der Waals surface area (Å²) in [5, 5.41) is 0. The molecule has 0 saturated carbocycles. The van der Waals surface area contributed by atoms with E-state index in [1.807, 2.05) is 18.2 Å². The molecule has 21 heavy (non-hydrogen) atoms. The van der Waals surface area contributed by atoms with Crippen LogP contribution in [0.5, 0.6) is 0 Å². The largest absolute Gasteiger partial charge is 0.436 e. The number of rotatable bonds is 1. The lowest BCUT2D eigenvalue weighted by Gasteiger charge is -2.18. The van der Waals surface area contributed by atoms with Crippen molar-refractivity contribution in [1.82, 2.24) is 4.98 Å². The van der Waals surface area contributed by atoms with Crippen molar-refractivity contribution in [3.63, 3.8) is 0 Å². The predicted octanol–water partition coefficient (Wildman–Crippen LogP) is 4.51. The minimum absolute atomic E-state index is 0.0235. The van der Waals surface area contributed by atoms with E-state index in [9.17, 15) is 4.39 Å². The number of nitrogen functional groups attached to an aromatic ring is 1. The molecule has 0 unspecified atom stereocenters. The van der Waals surface area contributed by atoms with Crippen LogP contribution in [-0.4, -0.2) is 4.98 Å². The van der Waals surface area contributed by atoms with Gasteiger partial charge in [-0.2, -0.15) is 0 Å². The van der Waals surface area contributed by atoms with Crippen LogP contribution in [0.1, 0.15) is 26.3 Å². The molecule has 0 atom stereocenters. The molecule has 1 aromatic heterocycles. The topological polar surface area (TPSA) is 52.0 Å². The number of oxazole rings is 1. The van der Waals surface area contributed by atoms with Gasteiger partial charge in [-0.3, -0.25) is 0 Å². The number of hydrogen-bond donors (Lipinski definition) is 1. The monoisotopic (exact) mass is 284 g/mol. The van der Waals surface area contributed by atoms with E-state index < -0.39 is 5.82 Å². The second-order valence-electron chi connectivity index (χ2n) is 6.19. The van der Waals surface area contributed by atoms with Gasteiger partial charge in [0.15, 0.2) is 5.58 Å². The van der Waals surface area contributed by atoms with Crippen LogP contribution in [-0.2, 0) is 5.41 Å². The molecule has 0 aliphatic rings. The smallest absolute Gasteiger partial charge is 0.230 e. The van der Waals surface area contributed by atoms with E-state index in [1.165, 1.54) is 18.2 Å². The van der Waals surface area contributed by atoms with E-state index in [2.05, 4.69) is 25.8 Å². The molecule has 0 aliphatic carbocycles. The molecular formula is C17H17FN2O. The molecule has 2 N–H and O–H groups in total. The first kappa shape index (κ1) is 13.6. The molecule has 2 aromatic carbocycles. The van der Waals surface area contributed by atoms with Crippen molar-refractivity contribution < 1.29 is 8.81 Å². The highest BCUT2D eigenvalue weighted by atomic mass is 19.1. The fourth-order valence-corrected chi connectivity index (χ4v) is 2.22. The predicted molar refractivity (Wildman–Crippen MR) is 82.5 cm³/mol. The molecule has 0 spiro atoms. The summed E-state index contributed by atoms with van der Waals surface area (Å²) in [5.41, 5.74) is 9.00. The third kappa shape index (κ3) is 2.49. The van der Waals surface area contributed by atoms with E-state index in [0.717, 1.165) is 11.1 Å². The summed E-state index contributed by atoms with van der Waals surface area (Å²) in [6.45, 7) is 6.40. The molecule has 3 rings (SSSR count). The molecule has 0 radical (unpaired) electrons. The van der Waals surface area contributed by atoms with Gasteiger partial charge in [0.05, 0.1) is 5.56 Å². The molecule has 3 nitrogen and oxygen atoms in total. The van der Waals surface area contributed by atoms with Crippen molar-refractivity contribution in [2.45, 2.75) is 26.2 Å². The highest BCUT2D eigenvalue weighted by Crippen LogP contribution is 2.30. The summed E-state index contributed by atoms with van der Waals surface area (Å²) in [6.07, 6.45) is 0. The Morgan fingerprint density at radius 3 is 2.57 bits per heavy atom. The summed E-state index contributed by atoms with van der Waals surface area (Å²) in [5.74, 6) is -0.146. The summed E-state index contributed by atoms with van der Waals surface area (Å²) in [4.78, 5) is 4.40. The average Bonchev–Trinajstić information content (AvgIpc) is 2.83. The lowest BCUT2D eigenvalue weighted by atomic mass is 9.87. The van der Waals surface area contributed by atoms with E-state index >= 15 is 0 Å². The van der Waals surface area contributed by atoms with E-state index in [1.54, 1.807) is 0 Å². The first-order valence-electron chi connectivity index (χ1n) is 6.81. The van der Waals surface area contributed by atoms with Gasteiger partial charge in [0.1, 0.15) is 11.3 Å². The molecule has 1 heterocycles. The molecule has 0 saturated heterocycles.